The lowest BCUT2D eigenvalue weighted by molar-refractivity contribution is -0.138. The van der Waals surface area contributed by atoms with E-state index >= 15 is 0 Å². The molecular formula is C23H21F4N5O2. The van der Waals surface area contributed by atoms with Crippen LogP contribution < -0.4 is 4.74 Å². The van der Waals surface area contributed by atoms with Crippen molar-refractivity contribution in [1.29, 1.82) is 0 Å². The fraction of sp³-hybridized carbons (Fsp3) is 0.304. The first-order valence-electron chi connectivity index (χ1n) is 10.6. The average molecular weight is 475 g/mol. The van der Waals surface area contributed by atoms with Gasteiger partial charge in [0.15, 0.2) is 0 Å². The Kier molecular flexibility index (Phi) is 6.90. The van der Waals surface area contributed by atoms with Gasteiger partial charge in [-0.05, 0) is 30.2 Å². The second kappa shape index (κ2) is 10.0. The number of ether oxygens (including phenoxy) is 1. The van der Waals surface area contributed by atoms with Gasteiger partial charge in [0.1, 0.15) is 19.0 Å². The molecule has 0 spiro atoms. The van der Waals surface area contributed by atoms with E-state index in [1.807, 2.05) is 18.3 Å². The van der Waals surface area contributed by atoms with E-state index in [1.54, 1.807) is 16.8 Å². The number of alkyl halides is 4. The second-order valence-electron chi connectivity index (χ2n) is 7.52. The molecule has 0 unspecified atom stereocenters. The van der Waals surface area contributed by atoms with Gasteiger partial charge in [-0.25, -0.2) is 9.07 Å². The third-order valence-corrected chi connectivity index (χ3v) is 4.94. The molecule has 0 N–H and O–H groups in total. The highest BCUT2D eigenvalue weighted by Gasteiger charge is 2.35. The Labute approximate surface area is 192 Å². The number of hydrogen-bond donors (Lipinski definition) is 0. The van der Waals surface area contributed by atoms with Crippen LogP contribution in [0.2, 0.25) is 0 Å². The van der Waals surface area contributed by atoms with Gasteiger partial charge in [-0.15, -0.1) is 5.10 Å². The summed E-state index contributed by atoms with van der Waals surface area (Å²) in [4.78, 5) is 4.23. The molecule has 0 aliphatic heterocycles. The van der Waals surface area contributed by atoms with E-state index in [2.05, 4.69) is 27.4 Å². The number of aromatic nitrogens is 5. The molecule has 0 bridgehead atoms. The molecule has 34 heavy (non-hydrogen) atoms. The number of aryl methyl sites for hydroxylation is 1. The van der Waals surface area contributed by atoms with E-state index in [0.717, 1.165) is 36.2 Å². The van der Waals surface area contributed by atoms with Gasteiger partial charge in [0.2, 0.25) is 5.82 Å². The molecule has 0 aliphatic carbocycles. The Bertz CT molecular complexity index is 1230. The zero-order chi connectivity index (χ0) is 24.1. The van der Waals surface area contributed by atoms with Gasteiger partial charge in [0, 0.05) is 17.3 Å². The number of halogens is 4. The quantitative estimate of drug-likeness (QED) is 0.303. The summed E-state index contributed by atoms with van der Waals surface area (Å²) in [6.45, 7) is 1.25. The van der Waals surface area contributed by atoms with Crippen molar-refractivity contribution in [3.63, 3.8) is 0 Å². The average Bonchev–Trinajstić information content (AvgIpc) is 3.48. The minimum atomic E-state index is -4.69. The fourth-order valence-electron chi connectivity index (χ4n) is 3.35. The molecule has 0 saturated carbocycles. The molecule has 2 aromatic carbocycles. The molecule has 11 heteroatoms. The molecule has 0 fully saturated rings. The highest BCUT2D eigenvalue weighted by molar-refractivity contribution is 5.62. The number of benzene rings is 2. The van der Waals surface area contributed by atoms with Crippen LogP contribution in [0.15, 0.2) is 53.2 Å². The lowest BCUT2D eigenvalue weighted by Crippen LogP contribution is -2.10. The van der Waals surface area contributed by atoms with Crippen LogP contribution >= 0.6 is 0 Å². The summed E-state index contributed by atoms with van der Waals surface area (Å²) in [5.41, 5.74) is 1.60. The zero-order valence-electron chi connectivity index (χ0n) is 18.2. The molecule has 0 amide bonds. The standard InChI is InChI=1S/C23H21F4N5O2/c1-2-3-18-14-32(31-29-18)13-15-4-6-16(7-5-15)21-28-22(34-30-21)17-8-9-20(33-11-10-24)19(12-17)23(25,26)27/h4-9,12,14H,2-3,10-11,13H2,1H3. The summed E-state index contributed by atoms with van der Waals surface area (Å²) in [6, 6.07) is 10.7. The minimum absolute atomic E-state index is 0.0735. The van der Waals surface area contributed by atoms with Gasteiger partial charge in [0.05, 0.1) is 17.8 Å². The number of nitrogens with zero attached hydrogens (tertiary/aromatic N) is 5. The summed E-state index contributed by atoms with van der Waals surface area (Å²) in [5, 5.41) is 12.1. The van der Waals surface area contributed by atoms with Crippen LogP contribution in [0, 0.1) is 0 Å². The highest BCUT2D eigenvalue weighted by Crippen LogP contribution is 2.38. The lowest BCUT2D eigenvalue weighted by Gasteiger charge is -2.13. The molecule has 0 aliphatic rings. The predicted octanol–water partition coefficient (Wildman–Crippen LogP) is 5.36. The van der Waals surface area contributed by atoms with Gasteiger partial charge < -0.3 is 9.26 Å². The van der Waals surface area contributed by atoms with Crippen molar-refractivity contribution in [3.8, 4) is 28.6 Å². The van der Waals surface area contributed by atoms with Crippen LogP contribution in [-0.2, 0) is 19.1 Å². The molecule has 0 radical (unpaired) electrons. The van der Waals surface area contributed by atoms with Crippen molar-refractivity contribution in [2.75, 3.05) is 13.3 Å². The Balaban J connectivity index is 1.51. The molecular weight excluding hydrogens is 454 g/mol. The zero-order valence-corrected chi connectivity index (χ0v) is 18.2. The normalized spacial score (nSPS) is 11.7. The van der Waals surface area contributed by atoms with Crippen LogP contribution in [0.5, 0.6) is 5.75 Å². The summed E-state index contributed by atoms with van der Waals surface area (Å²) in [6.07, 6.45) is -0.917. The van der Waals surface area contributed by atoms with E-state index in [4.69, 9.17) is 9.26 Å². The molecule has 2 heterocycles. The SMILES string of the molecule is CCCc1cn(Cc2ccc(-c3noc(-c4ccc(OCCF)c(C(F)(F)F)c4)n3)cc2)nn1. The monoisotopic (exact) mass is 475 g/mol. The van der Waals surface area contributed by atoms with E-state index in [-0.39, 0.29) is 17.3 Å². The van der Waals surface area contributed by atoms with Crippen LogP contribution in [0.3, 0.4) is 0 Å². The lowest BCUT2D eigenvalue weighted by atomic mass is 10.1. The minimum Gasteiger partial charge on any atom is -0.490 e. The summed E-state index contributed by atoms with van der Waals surface area (Å²) in [7, 11) is 0. The summed E-state index contributed by atoms with van der Waals surface area (Å²) in [5.74, 6) is -0.301. The van der Waals surface area contributed by atoms with E-state index < -0.39 is 30.8 Å². The fourth-order valence-corrected chi connectivity index (χ4v) is 3.35. The maximum atomic E-state index is 13.4. The van der Waals surface area contributed by atoms with E-state index in [0.29, 0.717) is 12.1 Å². The smallest absolute Gasteiger partial charge is 0.419 e. The van der Waals surface area contributed by atoms with Gasteiger partial charge in [-0.2, -0.15) is 18.2 Å². The van der Waals surface area contributed by atoms with Gasteiger partial charge >= 0.3 is 6.18 Å². The van der Waals surface area contributed by atoms with Crippen molar-refractivity contribution >= 4 is 0 Å². The van der Waals surface area contributed by atoms with Crippen LogP contribution in [0.1, 0.15) is 30.2 Å². The third kappa shape index (κ3) is 5.41. The van der Waals surface area contributed by atoms with Crippen molar-refractivity contribution in [2.45, 2.75) is 32.5 Å². The number of rotatable bonds is 9. The molecule has 0 atom stereocenters. The maximum Gasteiger partial charge on any atom is 0.419 e. The third-order valence-electron chi connectivity index (χ3n) is 4.94. The van der Waals surface area contributed by atoms with Gasteiger partial charge in [-0.1, -0.05) is 48.0 Å². The first-order valence-corrected chi connectivity index (χ1v) is 10.6. The summed E-state index contributed by atoms with van der Waals surface area (Å²) >= 11 is 0. The largest absolute Gasteiger partial charge is 0.490 e. The van der Waals surface area contributed by atoms with E-state index in [1.165, 1.54) is 6.07 Å². The molecule has 4 rings (SSSR count). The molecule has 4 aromatic rings. The van der Waals surface area contributed by atoms with Gasteiger partial charge in [0.25, 0.3) is 5.89 Å². The second-order valence-corrected chi connectivity index (χ2v) is 7.52. The summed E-state index contributed by atoms with van der Waals surface area (Å²) < 4.78 is 64.4. The molecule has 2 aromatic heterocycles. The Morgan fingerprint density at radius 2 is 1.82 bits per heavy atom. The van der Waals surface area contributed by atoms with E-state index in [9.17, 15) is 17.6 Å². The first-order chi connectivity index (χ1) is 16.4. The Morgan fingerprint density at radius 1 is 1.06 bits per heavy atom. The first kappa shape index (κ1) is 23.4. The van der Waals surface area contributed by atoms with Crippen LogP contribution in [0.25, 0.3) is 22.8 Å². The van der Waals surface area contributed by atoms with Crippen LogP contribution in [-0.4, -0.2) is 38.4 Å². The number of hydrogen-bond acceptors (Lipinski definition) is 6. The highest BCUT2D eigenvalue weighted by atomic mass is 19.4. The van der Waals surface area contributed by atoms with Crippen molar-refractivity contribution in [2.24, 2.45) is 0 Å². The molecule has 178 valence electrons. The van der Waals surface area contributed by atoms with Crippen molar-refractivity contribution in [1.82, 2.24) is 25.1 Å². The Morgan fingerprint density at radius 3 is 2.53 bits per heavy atom. The van der Waals surface area contributed by atoms with Crippen LogP contribution in [0.4, 0.5) is 17.6 Å². The topological polar surface area (TPSA) is 78.9 Å². The van der Waals surface area contributed by atoms with Gasteiger partial charge in [-0.3, -0.25) is 0 Å². The molecule has 7 nitrogen and oxygen atoms in total. The van der Waals surface area contributed by atoms with Crippen molar-refractivity contribution in [3.05, 3.63) is 65.5 Å². The Hall–Kier alpha value is -3.76. The predicted molar refractivity (Wildman–Crippen MR) is 115 cm³/mol. The van der Waals surface area contributed by atoms with Crippen molar-refractivity contribution < 1.29 is 26.8 Å². The maximum absolute atomic E-state index is 13.4. The molecule has 0 saturated heterocycles.